The van der Waals surface area contributed by atoms with E-state index in [1.807, 2.05) is 0 Å². The fourth-order valence-electron chi connectivity index (χ4n) is 5.21. The molecule has 5 rings (SSSR count). The lowest BCUT2D eigenvalue weighted by Gasteiger charge is -2.26. The third-order valence-corrected chi connectivity index (χ3v) is 10.5. The lowest BCUT2D eigenvalue weighted by molar-refractivity contribution is -0.153. The largest absolute Gasteiger partial charge is 0.493 e. The number of ether oxygens (including phenoxy) is 3. The molecule has 2 heterocycles. The minimum absolute atomic E-state index is 0.0746. The van der Waals surface area contributed by atoms with Crippen LogP contribution in [-0.4, -0.2) is 74.9 Å². The molecular formula is C32H35Cl2N3O7S. The van der Waals surface area contributed by atoms with Crippen molar-refractivity contribution >= 4 is 45.1 Å². The van der Waals surface area contributed by atoms with E-state index in [-0.39, 0.29) is 35.8 Å². The zero-order valence-corrected chi connectivity index (χ0v) is 27.6. The second-order valence-corrected chi connectivity index (χ2v) is 14.1. The highest BCUT2D eigenvalue weighted by Crippen LogP contribution is 2.38. The van der Waals surface area contributed by atoms with Crippen LogP contribution >= 0.6 is 23.2 Å². The molecule has 2 atom stereocenters. The van der Waals surface area contributed by atoms with Crippen molar-refractivity contribution in [3.05, 3.63) is 81.6 Å². The first-order chi connectivity index (χ1) is 21.5. The number of sulfonamides is 1. The number of carbonyl (C=O) groups excluding carboxylic acids is 2. The highest BCUT2D eigenvalue weighted by molar-refractivity contribution is 7.89. The summed E-state index contributed by atoms with van der Waals surface area (Å²) in [5.74, 6) is 0.498. The third kappa shape index (κ3) is 7.54. The van der Waals surface area contributed by atoms with Gasteiger partial charge in [-0.3, -0.25) is 14.6 Å². The Morgan fingerprint density at radius 3 is 2.44 bits per heavy atom. The maximum Gasteiger partial charge on any atom is 0.325 e. The Morgan fingerprint density at radius 2 is 1.78 bits per heavy atom. The fraction of sp³-hybridized carbons (Fsp3) is 0.406. The summed E-state index contributed by atoms with van der Waals surface area (Å²) in [5.41, 5.74) is 1.35. The van der Waals surface area contributed by atoms with E-state index in [2.05, 4.69) is 4.98 Å². The number of nitrogens with zero attached hydrogens (tertiary/aromatic N) is 3. The van der Waals surface area contributed by atoms with Crippen LogP contribution in [-0.2, 0) is 26.0 Å². The van der Waals surface area contributed by atoms with Crippen LogP contribution in [0, 0.1) is 5.92 Å². The van der Waals surface area contributed by atoms with Crippen molar-refractivity contribution in [2.45, 2.75) is 49.1 Å². The van der Waals surface area contributed by atoms with Crippen LogP contribution in [0.25, 0.3) is 0 Å². The smallest absolute Gasteiger partial charge is 0.325 e. The molecule has 1 aliphatic heterocycles. The quantitative estimate of drug-likeness (QED) is 0.229. The minimum atomic E-state index is -4.14. The number of carbonyl (C=O) groups is 2. The number of hydrogen-bond acceptors (Lipinski definition) is 8. The molecule has 1 amide bonds. The van der Waals surface area contributed by atoms with Gasteiger partial charge >= 0.3 is 5.97 Å². The number of aromatic nitrogens is 1. The van der Waals surface area contributed by atoms with Gasteiger partial charge in [0, 0.05) is 45.0 Å². The normalized spacial score (nSPS) is 17.5. The van der Waals surface area contributed by atoms with Crippen LogP contribution in [0.2, 0.25) is 10.0 Å². The van der Waals surface area contributed by atoms with Gasteiger partial charge in [0.2, 0.25) is 10.0 Å². The number of methoxy groups -OCH3 is 1. The van der Waals surface area contributed by atoms with Crippen molar-refractivity contribution in [2.75, 3.05) is 34.4 Å². The van der Waals surface area contributed by atoms with Crippen LogP contribution in [0.5, 0.6) is 11.5 Å². The Balaban J connectivity index is 1.44. The first kappa shape index (κ1) is 33.0. The summed E-state index contributed by atoms with van der Waals surface area (Å²) in [6, 6.07) is 10.0. The summed E-state index contributed by atoms with van der Waals surface area (Å²) in [7, 11) is 0.586. The fourth-order valence-corrected chi connectivity index (χ4v) is 7.42. The van der Waals surface area contributed by atoms with E-state index >= 15 is 0 Å². The van der Waals surface area contributed by atoms with E-state index in [0.717, 1.165) is 17.1 Å². The second-order valence-electron chi connectivity index (χ2n) is 11.4. The van der Waals surface area contributed by atoms with Gasteiger partial charge in [-0.2, -0.15) is 4.31 Å². The van der Waals surface area contributed by atoms with Gasteiger partial charge in [0.05, 0.1) is 28.7 Å². The number of halogens is 2. The van der Waals surface area contributed by atoms with E-state index < -0.39 is 28.1 Å². The Kier molecular flexibility index (Phi) is 10.2. The predicted molar refractivity (Wildman–Crippen MR) is 169 cm³/mol. The molecule has 1 saturated carbocycles. The first-order valence-corrected chi connectivity index (χ1v) is 16.8. The number of rotatable bonds is 12. The standard InChI is InChI=1S/C32H35Cl2N3O7S/c1-36(2)31(38)22-6-4-7-23(14-22)45(40,41)37-13-5-8-27(37)32(39)44-29(16-24-25(33)17-35-18-26(24)34)21-11-12-28(42-3)30(15-21)43-19-20-9-10-20/h4,6-7,11-12,14-15,17-18,20,27,29H,5,8-10,13,16,19H2,1-3H3. The zero-order valence-electron chi connectivity index (χ0n) is 25.2. The molecular weight excluding hydrogens is 641 g/mol. The van der Waals surface area contributed by atoms with Gasteiger partial charge in [-0.05, 0) is 73.1 Å². The van der Waals surface area contributed by atoms with Gasteiger partial charge in [-0.1, -0.05) is 35.3 Å². The Labute approximate surface area is 273 Å². The first-order valence-electron chi connectivity index (χ1n) is 14.6. The Hall–Kier alpha value is -3.38. The van der Waals surface area contributed by atoms with E-state index in [4.69, 9.17) is 37.4 Å². The van der Waals surface area contributed by atoms with Crippen molar-refractivity contribution in [3.63, 3.8) is 0 Å². The van der Waals surface area contributed by atoms with Crippen molar-refractivity contribution in [3.8, 4) is 11.5 Å². The molecule has 10 nitrogen and oxygen atoms in total. The zero-order chi connectivity index (χ0) is 32.3. The Bertz CT molecular complexity index is 1660. The van der Waals surface area contributed by atoms with Crippen LogP contribution in [0.1, 0.15) is 53.3 Å². The number of benzene rings is 2. The average molecular weight is 677 g/mol. The summed E-state index contributed by atoms with van der Waals surface area (Å²) in [6.07, 6.45) is 5.08. The lowest BCUT2D eigenvalue weighted by Crippen LogP contribution is -2.42. The molecule has 2 aromatic carbocycles. The molecule has 0 N–H and O–H groups in total. The molecule has 240 valence electrons. The van der Waals surface area contributed by atoms with Gasteiger partial charge in [-0.15, -0.1) is 0 Å². The Morgan fingerprint density at radius 1 is 1.04 bits per heavy atom. The van der Waals surface area contributed by atoms with Gasteiger partial charge in [-0.25, -0.2) is 8.42 Å². The molecule has 1 saturated heterocycles. The second kappa shape index (κ2) is 13.9. The summed E-state index contributed by atoms with van der Waals surface area (Å²) in [5, 5.41) is 0.610. The third-order valence-electron chi connectivity index (χ3n) is 7.90. The van der Waals surface area contributed by atoms with Gasteiger partial charge in [0.25, 0.3) is 5.91 Å². The molecule has 0 radical (unpaired) electrons. The van der Waals surface area contributed by atoms with Gasteiger partial charge in [0.15, 0.2) is 11.5 Å². The minimum Gasteiger partial charge on any atom is -0.493 e. The van der Waals surface area contributed by atoms with Crippen molar-refractivity contribution < 1.29 is 32.2 Å². The predicted octanol–water partition coefficient (Wildman–Crippen LogP) is 5.57. The van der Waals surface area contributed by atoms with Crippen LogP contribution in [0.3, 0.4) is 0 Å². The maximum absolute atomic E-state index is 13.8. The van der Waals surface area contributed by atoms with E-state index in [1.165, 1.54) is 35.5 Å². The number of esters is 1. The molecule has 13 heteroatoms. The highest BCUT2D eigenvalue weighted by Gasteiger charge is 2.41. The molecule has 3 aromatic rings. The number of amides is 1. The van der Waals surface area contributed by atoms with Crippen molar-refractivity contribution in [1.29, 1.82) is 0 Å². The lowest BCUT2D eigenvalue weighted by atomic mass is 10.0. The van der Waals surface area contributed by atoms with Crippen LogP contribution in [0.15, 0.2) is 59.8 Å². The van der Waals surface area contributed by atoms with Gasteiger partial charge in [0.1, 0.15) is 12.1 Å². The SMILES string of the molecule is COc1ccc(C(Cc2c(Cl)cncc2Cl)OC(=O)C2CCCN2S(=O)(=O)c2cccc(C(=O)N(C)C)c2)cc1OCC1CC1. The number of pyridine rings is 1. The van der Waals surface area contributed by atoms with Crippen LogP contribution < -0.4 is 9.47 Å². The van der Waals surface area contributed by atoms with Crippen molar-refractivity contribution in [2.24, 2.45) is 5.92 Å². The summed E-state index contributed by atoms with van der Waals surface area (Å²) in [4.78, 5) is 31.7. The van der Waals surface area contributed by atoms with Crippen LogP contribution in [0.4, 0.5) is 0 Å². The molecule has 2 aliphatic rings. The summed E-state index contributed by atoms with van der Waals surface area (Å²) in [6.45, 7) is 0.671. The average Bonchev–Trinajstić information content (AvgIpc) is 3.72. The highest BCUT2D eigenvalue weighted by atomic mass is 35.5. The van der Waals surface area contributed by atoms with Gasteiger partial charge < -0.3 is 19.1 Å². The molecule has 1 aromatic heterocycles. The van der Waals surface area contributed by atoms with E-state index in [9.17, 15) is 18.0 Å². The monoisotopic (exact) mass is 675 g/mol. The molecule has 2 unspecified atom stereocenters. The summed E-state index contributed by atoms with van der Waals surface area (Å²) < 4.78 is 46.4. The van der Waals surface area contributed by atoms with Crippen molar-refractivity contribution in [1.82, 2.24) is 14.2 Å². The molecule has 45 heavy (non-hydrogen) atoms. The molecule has 0 spiro atoms. The topological polar surface area (TPSA) is 115 Å². The molecule has 0 bridgehead atoms. The number of hydrogen-bond donors (Lipinski definition) is 0. The maximum atomic E-state index is 13.8. The molecule has 1 aliphatic carbocycles. The molecule has 2 fully saturated rings. The van der Waals surface area contributed by atoms with E-state index in [0.29, 0.717) is 51.6 Å². The van der Waals surface area contributed by atoms with E-state index in [1.54, 1.807) is 45.5 Å². The summed E-state index contributed by atoms with van der Waals surface area (Å²) >= 11 is 12.9.